The van der Waals surface area contributed by atoms with Crippen LogP contribution in [0.3, 0.4) is 0 Å². The van der Waals surface area contributed by atoms with Crippen molar-refractivity contribution in [3.63, 3.8) is 0 Å². The maximum atomic E-state index is 12.0. The van der Waals surface area contributed by atoms with Gasteiger partial charge in [0.15, 0.2) is 0 Å². The monoisotopic (exact) mass is 382 g/mol. The number of nitrogens with zero attached hydrogens (tertiary/aromatic N) is 3. The van der Waals surface area contributed by atoms with Crippen LogP contribution in [0.1, 0.15) is 22.5 Å². The van der Waals surface area contributed by atoms with Crippen LogP contribution in [0.5, 0.6) is 0 Å². The number of aromatic nitrogens is 3. The predicted molar refractivity (Wildman–Crippen MR) is 105 cm³/mol. The van der Waals surface area contributed by atoms with Crippen molar-refractivity contribution in [2.24, 2.45) is 0 Å². The van der Waals surface area contributed by atoms with E-state index >= 15 is 0 Å². The summed E-state index contributed by atoms with van der Waals surface area (Å²) in [6.45, 7) is 3.04. The lowest BCUT2D eigenvalue weighted by molar-refractivity contribution is 0.0258. The summed E-state index contributed by atoms with van der Waals surface area (Å²) in [6.07, 6.45) is 10.7. The van der Waals surface area contributed by atoms with Crippen LogP contribution in [0, 0.1) is 12.3 Å². The zero-order valence-corrected chi connectivity index (χ0v) is 15.6. The van der Waals surface area contributed by atoms with Crippen molar-refractivity contribution in [2.45, 2.75) is 12.5 Å². The molecule has 0 aromatic carbocycles. The zero-order valence-electron chi connectivity index (χ0n) is 15.6. The van der Waals surface area contributed by atoms with E-state index in [0.717, 1.165) is 19.5 Å². The van der Waals surface area contributed by atoms with E-state index in [1.54, 1.807) is 6.07 Å². The standard InChI is InChI=1S/C19H22N6O3/c1-3-13-9-23-18(12-22-13)25-17-8-16(15(11-24-17)19(26)27-2)21-5-4-14-10-20-6-7-28-14/h1,8-9,11-12,14,20H,4-7,10H2,2H3,(H2,21,23,24,25)/t14-/m0/s1. The van der Waals surface area contributed by atoms with Gasteiger partial charge in [-0.2, -0.15) is 0 Å². The summed E-state index contributed by atoms with van der Waals surface area (Å²) in [7, 11) is 1.34. The fourth-order valence-electron chi connectivity index (χ4n) is 2.71. The number of pyridine rings is 1. The summed E-state index contributed by atoms with van der Waals surface area (Å²) >= 11 is 0. The fraction of sp³-hybridized carbons (Fsp3) is 0.368. The van der Waals surface area contributed by atoms with E-state index in [9.17, 15) is 4.79 Å². The Kier molecular flexibility index (Phi) is 6.73. The van der Waals surface area contributed by atoms with Crippen molar-refractivity contribution in [3.05, 3.63) is 35.9 Å². The van der Waals surface area contributed by atoms with Gasteiger partial charge in [0.1, 0.15) is 22.9 Å². The minimum absolute atomic E-state index is 0.146. The van der Waals surface area contributed by atoms with Crippen molar-refractivity contribution in [2.75, 3.05) is 44.0 Å². The van der Waals surface area contributed by atoms with Gasteiger partial charge in [0, 0.05) is 31.9 Å². The van der Waals surface area contributed by atoms with Crippen molar-refractivity contribution in [1.29, 1.82) is 0 Å². The first kappa shape index (κ1) is 19.5. The van der Waals surface area contributed by atoms with E-state index in [1.807, 2.05) is 0 Å². The quantitative estimate of drug-likeness (QED) is 0.480. The molecule has 1 aliphatic heterocycles. The third-order valence-corrected chi connectivity index (χ3v) is 4.15. The van der Waals surface area contributed by atoms with Gasteiger partial charge >= 0.3 is 5.97 Å². The molecule has 0 spiro atoms. The van der Waals surface area contributed by atoms with Crippen LogP contribution in [0.25, 0.3) is 0 Å². The van der Waals surface area contributed by atoms with Gasteiger partial charge in [-0.15, -0.1) is 6.42 Å². The number of esters is 1. The van der Waals surface area contributed by atoms with E-state index in [1.165, 1.54) is 25.7 Å². The predicted octanol–water partition coefficient (Wildman–Crippen LogP) is 1.17. The Hall–Kier alpha value is -3.22. The van der Waals surface area contributed by atoms with E-state index in [-0.39, 0.29) is 6.10 Å². The fourth-order valence-corrected chi connectivity index (χ4v) is 2.71. The average molecular weight is 382 g/mol. The van der Waals surface area contributed by atoms with E-state index in [0.29, 0.717) is 41.7 Å². The lowest BCUT2D eigenvalue weighted by Gasteiger charge is -2.24. The van der Waals surface area contributed by atoms with Gasteiger partial charge in [-0.3, -0.25) is 0 Å². The Morgan fingerprint density at radius 2 is 2.21 bits per heavy atom. The molecule has 0 unspecified atom stereocenters. The summed E-state index contributed by atoms with van der Waals surface area (Å²) < 4.78 is 10.5. The average Bonchev–Trinajstić information content (AvgIpc) is 2.75. The Bertz CT molecular complexity index is 844. The highest BCUT2D eigenvalue weighted by Crippen LogP contribution is 2.22. The number of carbonyl (C=O) groups excluding carboxylic acids is 1. The summed E-state index contributed by atoms with van der Waals surface area (Å²) in [6, 6.07) is 1.73. The van der Waals surface area contributed by atoms with Gasteiger partial charge in [0.25, 0.3) is 0 Å². The second-order valence-electron chi connectivity index (χ2n) is 6.08. The molecule has 1 saturated heterocycles. The van der Waals surface area contributed by atoms with Crippen molar-refractivity contribution in [1.82, 2.24) is 20.3 Å². The van der Waals surface area contributed by atoms with Gasteiger partial charge in [0.2, 0.25) is 0 Å². The minimum Gasteiger partial charge on any atom is -0.465 e. The third-order valence-electron chi connectivity index (χ3n) is 4.15. The molecule has 1 atom stereocenters. The molecule has 28 heavy (non-hydrogen) atoms. The summed E-state index contributed by atoms with van der Waals surface area (Å²) in [4.78, 5) is 24.5. The highest BCUT2D eigenvalue weighted by molar-refractivity contribution is 5.95. The molecule has 146 valence electrons. The number of nitrogens with one attached hydrogen (secondary N) is 3. The largest absolute Gasteiger partial charge is 0.465 e. The number of morpholine rings is 1. The Morgan fingerprint density at radius 3 is 2.89 bits per heavy atom. The lowest BCUT2D eigenvalue weighted by atomic mass is 10.2. The summed E-state index contributed by atoms with van der Waals surface area (Å²) in [5.74, 6) is 2.95. The first-order valence-corrected chi connectivity index (χ1v) is 8.90. The van der Waals surface area contributed by atoms with Gasteiger partial charge in [-0.1, -0.05) is 0 Å². The molecular weight excluding hydrogens is 360 g/mol. The SMILES string of the molecule is C#Cc1cnc(Nc2cc(NCC[C@H]3CNCCO3)c(C(=O)OC)cn2)cn1. The minimum atomic E-state index is -0.463. The van der Waals surface area contributed by atoms with E-state index in [4.69, 9.17) is 15.9 Å². The number of anilines is 3. The number of terminal acetylenes is 1. The number of rotatable bonds is 7. The van der Waals surface area contributed by atoms with E-state index in [2.05, 4.69) is 36.8 Å². The van der Waals surface area contributed by atoms with E-state index < -0.39 is 5.97 Å². The first-order chi connectivity index (χ1) is 13.7. The molecule has 0 radical (unpaired) electrons. The Balaban J connectivity index is 1.70. The van der Waals surface area contributed by atoms with Crippen molar-refractivity contribution >= 4 is 23.3 Å². The van der Waals surface area contributed by atoms with Crippen LogP contribution in [-0.4, -0.2) is 60.4 Å². The molecule has 2 aromatic heterocycles. The Labute approximate surface area is 163 Å². The molecule has 0 aliphatic carbocycles. The van der Waals surface area contributed by atoms with Gasteiger partial charge in [-0.25, -0.2) is 19.7 Å². The lowest BCUT2D eigenvalue weighted by Crippen LogP contribution is -2.39. The van der Waals surface area contributed by atoms with Crippen LogP contribution < -0.4 is 16.0 Å². The topological polar surface area (TPSA) is 110 Å². The van der Waals surface area contributed by atoms with Crippen LogP contribution in [0.4, 0.5) is 17.3 Å². The van der Waals surface area contributed by atoms with Crippen LogP contribution in [0.15, 0.2) is 24.7 Å². The molecule has 9 nitrogen and oxygen atoms in total. The second kappa shape index (κ2) is 9.64. The molecule has 1 aliphatic rings. The molecule has 0 amide bonds. The first-order valence-electron chi connectivity index (χ1n) is 8.90. The molecule has 1 fully saturated rings. The highest BCUT2D eigenvalue weighted by atomic mass is 16.5. The molecule has 0 saturated carbocycles. The number of hydrogen-bond donors (Lipinski definition) is 3. The normalized spacial score (nSPS) is 16.1. The Morgan fingerprint density at radius 1 is 1.36 bits per heavy atom. The molecule has 3 heterocycles. The zero-order chi connectivity index (χ0) is 19.8. The number of hydrogen-bond acceptors (Lipinski definition) is 9. The van der Waals surface area contributed by atoms with Crippen LogP contribution in [0.2, 0.25) is 0 Å². The highest BCUT2D eigenvalue weighted by Gasteiger charge is 2.16. The maximum absolute atomic E-state index is 12.0. The maximum Gasteiger partial charge on any atom is 0.341 e. The number of ether oxygens (including phenoxy) is 2. The molecule has 0 bridgehead atoms. The molecule has 3 rings (SSSR count). The number of carbonyl (C=O) groups is 1. The van der Waals surface area contributed by atoms with Gasteiger partial charge in [0.05, 0.1) is 37.9 Å². The van der Waals surface area contributed by atoms with Gasteiger partial charge < -0.3 is 25.4 Å². The summed E-state index contributed by atoms with van der Waals surface area (Å²) in [5.41, 5.74) is 1.41. The molecular formula is C19H22N6O3. The number of methoxy groups -OCH3 is 1. The third kappa shape index (κ3) is 5.16. The van der Waals surface area contributed by atoms with Gasteiger partial charge in [-0.05, 0) is 12.3 Å². The second-order valence-corrected chi connectivity index (χ2v) is 6.08. The van der Waals surface area contributed by atoms with Crippen LogP contribution >= 0.6 is 0 Å². The van der Waals surface area contributed by atoms with Crippen LogP contribution in [-0.2, 0) is 9.47 Å². The molecule has 9 heteroatoms. The molecule has 2 aromatic rings. The summed E-state index contributed by atoms with van der Waals surface area (Å²) in [5, 5.41) is 9.60. The smallest absolute Gasteiger partial charge is 0.341 e. The molecule has 3 N–H and O–H groups in total. The van der Waals surface area contributed by atoms with Crippen molar-refractivity contribution < 1.29 is 14.3 Å². The van der Waals surface area contributed by atoms with Crippen molar-refractivity contribution in [3.8, 4) is 12.3 Å².